The van der Waals surface area contributed by atoms with E-state index in [1.54, 1.807) is 43.3 Å². The van der Waals surface area contributed by atoms with E-state index in [1.807, 2.05) is 5.48 Å². The second-order valence-electron chi connectivity index (χ2n) is 5.28. The molecular formula is C17H14ClFN4O2. The van der Waals surface area contributed by atoms with Crippen molar-refractivity contribution in [3.63, 3.8) is 0 Å². The van der Waals surface area contributed by atoms with Crippen molar-refractivity contribution in [1.29, 1.82) is 0 Å². The van der Waals surface area contributed by atoms with Crippen molar-refractivity contribution in [2.24, 2.45) is 0 Å². The summed E-state index contributed by atoms with van der Waals surface area (Å²) in [5.41, 5.74) is 3.33. The van der Waals surface area contributed by atoms with Gasteiger partial charge in [0.15, 0.2) is 11.6 Å². The van der Waals surface area contributed by atoms with Gasteiger partial charge in [-0.05, 0) is 24.6 Å². The van der Waals surface area contributed by atoms with Gasteiger partial charge < -0.3 is 10.4 Å². The summed E-state index contributed by atoms with van der Waals surface area (Å²) in [6, 6.07) is 11.7. The molecule has 0 aliphatic rings. The highest BCUT2D eigenvalue weighted by Gasteiger charge is 2.17. The largest absolute Gasteiger partial charge is 0.506 e. The van der Waals surface area contributed by atoms with Crippen molar-refractivity contribution < 1.29 is 14.7 Å². The van der Waals surface area contributed by atoms with Crippen LogP contribution in [-0.2, 0) is 0 Å². The quantitative estimate of drug-likeness (QED) is 0.404. The Balaban J connectivity index is 2.07. The Labute approximate surface area is 147 Å². The summed E-state index contributed by atoms with van der Waals surface area (Å²) in [6.45, 7) is 1.67. The van der Waals surface area contributed by atoms with Gasteiger partial charge in [-0.25, -0.2) is 14.9 Å². The van der Waals surface area contributed by atoms with E-state index in [9.17, 15) is 9.50 Å². The van der Waals surface area contributed by atoms with Gasteiger partial charge in [-0.15, -0.1) is 0 Å². The molecule has 0 saturated carbocycles. The van der Waals surface area contributed by atoms with Gasteiger partial charge in [0.1, 0.15) is 11.4 Å². The number of aromatic nitrogens is 2. The maximum atomic E-state index is 14.9. The van der Waals surface area contributed by atoms with E-state index in [0.29, 0.717) is 16.8 Å². The van der Waals surface area contributed by atoms with E-state index in [4.69, 9.17) is 16.8 Å². The summed E-state index contributed by atoms with van der Waals surface area (Å²) >= 11 is 5.94. The summed E-state index contributed by atoms with van der Waals surface area (Å²) < 4.78 is 14.9. The van der Waals surface area contributed by atoms with Crippen molar-refractivity contribution >= 4 is 29.1 Å². The molecule has 0 fully saturated rings. The van der Waals surface area contributed by atoms with Crippen LogP contribution in [0, 0.1) is 12.7 Å². The normalized spacial score (nSPS) is 10.6. The van der Waals surface area contributed by atoms with Crippen LogP contribution in [0.1, 0.15) is 5.56 Å². The van der Waals surface area contributed by atoms with Crippen LogP contribution in [0.3, 0.4) is 0 Å². The van der Waals surface area contributed by atoms with Gasteiger partial charge in [0, 0.05) is 11.3 Å². The van der Waals surface area contributed by atoms with Crippen LogP contribution in [0.2, 0.25) is 5.02 Å². The molecule has 3 aromatic rings. The molecule has 0 radical (unpaired) electrons. The Hall–Kier alpha value is -2.90. The highest BCUT2D eigenvalue weighted by atomic mass is 35.5. The molecule has 0 bridgehead atoms. The molecule has 0 amide bonds. The zero-order valence-electron chi connectivity index (χ0n) is 13.1. The predicted molar refractivity (Wildman–Crippen MR) is 94.0 cm³/mol. The number of phenols is 1. The third-order valence-electron chi connectivity index (χ3n) is 3.52. The maximum absolute atomic E-state index is 14.9. The molecule has 4 N–H and O–H groups in total. The van der Waals surface area contributed by atoms with Gasteiger partial charge >= 0.3 is 0 Å². The molecule has 0 unspecified atom stereocenters. The number of nitrogens with one attached hydrogen (secondary N) is 2. The lowest BCUT2D eigenvalue weighted by Gasteiger charge is -2.13. The number of anilines is 3. The molecule has 0 aliphatic heterocycles. The van der Waals surface area contributed by atoms with Gasteiger partial charge in [0.2, 0.25) is 5.95 Å². The summed E-state index contributed by atoms with van der Waals surface area (Å²) in [5.74, 6) is -1.04. The zero-order chi connectivity index (χ0) is 18.0. The molecule has 0 spiro atoms. The van der Waals surface area contributed by atoms with Crippen LogP contribution >= 0.6 is 11.6 Å². The van der Waals surface area contributed by atoms with Crippen LogP contribution in [0.15, 0.2) is 42.5 Å². The Morgan fingerprint density at radius 2 is 1.84 bits per heavy atom. The average molecular weight is 361 g/mol. The topological polar surface area (TPSA) is 90.3 Å². The summed E-state index contributed by atoms with van der Waals surface area (Å²) in [6.07, 6.45) is 0. The molecular weight excluding hydrogens is 347 g/mol. The van der Waals surface area contributed by atoms with E-state index >= 15 is 0 Å². The molecule has 1 aromatic heterocycles. The van der Waals surface area contributed by atoms with E-state index in [2.05, 4.69) is 15.3 Å². The van der Waals surface area contributed by atoms with Crippen molar-refractivity contribution in [1.82, 2.24) is 9.97 Å². The van der Waals surface area contributed by atoms with E-state index in [0.717, 1.165) is 0 Å². The number of hydrogen-bond donors (Lipinski definition) is 4. The highest BCUT2D eigenvalue weighted by Crippen LogP contribution is 2.33. The van der Waals surface area contributed by atoms with Crippen molar-refractivity contribution in [2.75, 3.05) is 10.8 Å². The molecule has 0 saturated heterocycles. The number of halogens is 2. The van der Waals surface area contributed by atoms with Crippen LogP contribution in [-0.4, -0.2) is 20.3 Å². The van der Waals surface area contributed by atoms with E-state index < -0.39 is 5.82 Å². The Morgan fingerprint density at radius 1 is 1.12 bits per heavy atom. The van der Waals surface area contributed by atoms with Crippen LogP contribution < -0.4 is 10.8 Å². The van der Waals surface area contributed by atoms with Gasteiger partial charge in [0.25, 0.3) is 0 Å². The first-order valence-corrected chi connectivity index (χ1v) is 7.66. The van der Waals surface area contributed by atoms with Crippen molar-refractivity contribution in [2.45, 2.75) is 6.92 Å². The third-order valence-corrected chi connectivity index (χ3v) is 3.80. The summed E-state index contributed by atoms with van der Waals surface area (Å²) in [5, 5.41) is 21.8. The molecule has 2 aromatic carbocycles. The minimum absolute atomic E-state index is 0.0243. The Bertz CT molecular complexity index is 899. The standard InChI is InChI=1S/C17H14ClFN4O2/c1-9-7-11(8-12(18)15(9)24)20-16-13(19)14(21-17(22-16)23-25)10-5-3-2-4-6-10/h2-8,24-25H,1H3,(H2,20,21,22,23). The number of aromatic hydroxyl groups is 1. The number of aryl methyl sites for hydroxylation is 1. The van der Waals surface area contributed by atoms with E-state index in [-0.39, 0.29) is 28.2 Å². The molecule has 128 valence electrons. The number of benzene rings is 2. The molecule has 1 heterocycles. The predicted octanol–water partition coefficient (Wildman–Crippen LogP) is 4.49. The highest BCUT2D eigenvalue weighted by molar-refractivity contribution is 6.32. The van der Waals surface area contributed by atoms with Crippen LogP contribution in [0.25, 0.3) is 11.3 Å². The zero-order valence-corrected chi connectivity index (χ0v) is 13.8. The fraction of sp³-hybridized carbons (Fsp3) is 0.0588. The Morgan fingerprint density at radius 3 is 2.48 bits per heavy atom. The first-order valence-electron chi connectivity index (χ1n) is 7.28. The SMILES string of the molecule is Cc1cc(Nc2nc(NO)nc(-c3ccccc3)c2F)cc(Cl)c1O. The third kappa shape index (κ3) is 3.47. The second kappa shape index (κ2) is 6.92. The molecule has 25 heavy (non-hydrogen) atoms. The van der Waals surface area contributed by atoms with E-state index in [1.165, 1.54) is 6.07 Å². The lowest BCUT2D eigenvalue weighted by atomic mass is 10.1. The number of phenolic OH excluding ortho intramolecular Hbond substituents is 1. The smallest absolute Gasteiger partial charge is 0.249 e. The van der Waals surface area contributed by atoms with Gasteiger partial charge in [0.05, 0.1) is 5.02 Å². The average Bonchev–Trinajstić information content (AvgIpc) is 2.62. The van der Waals surface area contributed by atoms with Gasteiger partial charge in [-0.2, -0.15) is 4.98 Å². The maximum Gasteiger partial charge on any atom is 0.249 e. The molecule has 8 heteroatoms. The first-order chi connectivity index (χ1) is 12.0. The number of hydrogen-bond acceptors (Lipinski definition) is 6. The molecule has 3 rings (SSSR count). The van der Waals surface area contributed by atoms with Crippen LogP contribution in [0.4, 0.5) is 21.8 Å². The lowest BCUT2D eigenvalue weighted by molar-refractivity contribution is 0.382. The Kier molecular flexibility index (Phi) is 4.69. The minimum Gasteiger partial charge on any atom is -0.506 e. The molecule has 0 atom stereocenters. The summed E-state index contributed by atoms with van der Waals surface area (Å²) in [4.78, 5) is 7.85. The lowest BCUT2D eigenvalue weighted by Crippen LogP contribution is -2.06. The summed E-state index contributed by atoms with van der Waals surface area (Å²) in [7, 11) is 0. The molecule has 0 aliphatic carbocycles. The van der Waals surface area contributed by atoms with Crippen molar-refractivity contribution in [3.05, 3.63) is 58.9 Å². The van der Waals surface area contributed by atoms with Gasteiger partial charge in [-0.1, -0.05) is 41.9 Å². The fourth-order valence-electron chi connectivity index (χ4n) is 2.31. The minimum atomic E-state index is -0.688. The van der Waals surface area contributed by atoms with Gasteiger partial charge in [-0.3, -0.25) is 5.21 Å². The molecule has 6 nitrogen and oxygen atoms in total. The number of nitrogens with zero attached hydrogens (tertiary/aromatic N) is 2. The van der Waals surface area contributed by atoms with Crippen LogP contribution in [0.5, 0.6) is 5.75 Å². The van der Waals surface area contributed by atoms with Crippen molar-refractivity contribution in [3.8, 4) is 17.0 Å². The fourth-order valence-corrected chi connectivity index (χ4v) is 2.58. The second-order valence-corrected chi connectivity index (χ2v) is 5.69. The number of rotatable bonds is 4. The monoisotopic (exact) mass is 360 g/mol. The first kappa shape index (κ1) is 16.9.